The molecule has 1 aliphatic carbocycles. The van der Waals surface area contributed by atoms with Crippen LogP contribution in [0.5, 0.6) is 5.75 Å². The number of ether oxygens (including phenoxy) is 1. The van der Waals surface area contributed by atoms with Crippen LogP contribution in [-0.2, 0) is 14.3 Å². The van der Waals surface area contributed by atoms with Gasteiger partial charge in [-0.2, -0.15) is 0 Å². The van der Waals surface area contributed by atoms with Crippen LogP contribution in [0, 0.1) is 11.8 Å². The van der Waals surface area contributed by atoms with Gasteiger partial charge in [0.25, 0.3) is 0 Å². The second kappa shape index (κ2) is 7.03. The molecule has 2 aromatic carbocycles. The molecule has 0 fully saturated rings. The Morgan fingerprint density at radius 3 is 2.61 bits per heavy atom. The highest BCUT2D eigenvalue weighted by Crippen LogP contribution is 2.44. The Hall–Kier alpha value is -3.28. The first-order valence-corrected chi connectivity index (χ1v) is 9.26. The zero-order valence-electron chi connectivity index (χ0n) is 15.7. The number of hydrogen-bond donors (Lipinski definition) is 3. The van der Waals surface area contributed by atoms with Gasteiger partial charge in [0.05, 0.1) is 24.5 Å². The maximum Gasteiger partial charge on any atom is 0.316 e. The standard InChI is InChI=1S/C22H22N2O4/c1-12-10-17-19(21(26)18(12)22(27)28-2)20(13-6-5-7-14(25)11-13)24-16-9-4-3-8-15(16)23-17/h3-9,11-12,18,20,23-25H,10H2,1-2H3/t12-,18-,20-/m1/s1. The first-order valence-electron chi connectivity index (χ1n) is 9.26. The van der Waals surface area contributed by atoms with Gasteiger partial charge in [0.1, 0.15) is 11.7 Å². The quantitative estimate of drug-likeness (QED) is 0.546. The molecule has 1 aliphatic heterocycles. The van der Waals surface area contributed by atoms with Gasteiger partial charge in [-0.1, -0.05) is 31.2 Å². The Bertz CT molecular complexity index is 982. The van der Waals surface area contributed by atoms with Crippen LogP contribution < -0.4 is 10.6 Å². The minimum Gasteiger partial charge on any atom is -0.508 e. The number of fused-ring (bicyclic) bond motifs is 1. The number of ketones is 1. The number of esters is 1. The lowest BCUT2D eigenvalue weighted by molar-refractivity contribution is -0.151. The number of phenols is 1. The SMILES string of the molecule is COC(=O)[C@H]1C(=O)C2=C(C[C@H]1C)Nc1ccccc1N[C@@H]2c1cccc(O)c1. The van der Waals surface area contributed by atoms with Gasteiger partial charge in [0, 0.05) is 11.3 Å². The fraction of sp³-hybridized carbons (Fsp3) is 0.273. The maximum atomic E-state index is 13.4. The number of allylic oxidation sites excluding steroid dienone is 1. The van der Waals surface area contributed by atoms with Crippen molar-refractivity contribution in [2.45, 2.75) is 19.4 Å². The van der Waals surface area contributed by atoms with E-state index in [4.69, 9.17) is 4.74 Å². The van der Waals surface area contributed by atoms with E-state index in [2.05, 4.69) is 10.6 Å². The number of methoxy groups -OCH3 is 1. The average Bonchev–Trinajstić information content (AvgIpc) is 2.84. The van der Waals surface area contributed by atoms with Crippen molar-refractivity contribution in [3.8, 4) is 5.75 Å². The van der Waals surface area contributed by atoms with Crippen molar-refractivity contribution in [3.05, 3.63) is 65.4 Å². The number of hydrogen-bond acceptors (Lipinski definition) is 6. The summed E-state index contributed by atoms with van der Waals surface area (Å²) in [6.45, 7) is 1.89. The van der Waals surface area contributed by atoms with Gasteiger partial charge in [0.15, 0.2) is 5.78 Å². The molecular weight excluding hydrogens is 356 g/mol. The molecule has 0 saturated carbocycles. The van der Waals surface area contributed by atoms with Crippen molar-refractivity contribution in [2.75, 3.05) is 17.7 Å². The minimum atomic E-state index is -0.839. The van der Waals surface area contributed by atoms with E-state index in [0.717, 1.165) is 22.6 Å². The highest BCUT2D eigenvalue weighted by molar-refractivity contribution is 6.11. The molecule has 4 rings (SSSR count). The first-order chi connectivity index (χ1) is 13.5. The van der Waals surface area contributed by atoms with Gasteiger partial charge in [-0.15, -0.1) is 0 Å². The average molecular weight is 378 g/mol. The molecule has 0 saturated heterocycles. The number of phenolic OH excluding ortho intramolecular Hbond substituents is 1. The summed E-state index contributed by atoms with van der Waals surface area (Å²) in [4.78, 5) is 25.8. The lowest BCUT2D eigenvalue weighted by Gasteiger charge is -2.32. The number of carbonyl (C=O) groups excluding carboxylic acids is 2. The largest absolute Gasteiger partial charge is 0.508 e. The molecule has 0 spiro atoms. The van der Waals surface area contributed by atoms with E-state index in [1.807, 2.05) is 37.3 Å². The Morgan fingerprint density at radius 2 is 1.89 bits per heavy atom. The smallest absolute Gasteiger partial charge is 0.316 e. The summed E-state index contributed by atoms with van der Waals surface area (Å²) < 4.78 is 4.90. The molecule has 0 aromatic heterocycles. The lowest BCUT2D eigenvalue weighted by Crippen LogP contribution is -2.39. The molecule has 28 heavy (non-hydrogen) atoms. The van der Waals surface area contributed by atoms with Crippen LogP contribution >= 0.6 is 0 Å². The molecule has 3 N–H and O–H groups in total. The molecule has 6 heteroatoms. The number of nitrogens with one attached hydrogen (secondary N) is 2. The number of carbonyl (C=O) groups is 2. The summed E-state index contributed by atoms with van der Waals surface area (Å²) in [5.74, 6) is -1.66. The van der Waals surface area contributed by atoms with Crippen molar-refractivity contribution in [1.29, 1.82) is 0 Å². The van der Waals surface area contributed by atoms with Gasteiger partial charge >= 0.3 is 5.97 Å². The zero-order chi connectivity index (χ0) is 19.8. The first kappa shape index (κ1) is 18.1. The highest BCUT2D eigenvalue weighted by Gasteiger charge is 2.44. The van der Waals surface area contributed by atoms with E-state index < -0.39 is 17.9 Å². The summed E-state index contributed by atoms with van der Waals surface area (Å²) in [6.07, 6.45) is 0.548. The monoisotopic (exact) mass is 378 g/mol. The molecule has 2 aromatic rings. The number of benzene rings is 2. The van der Waals surface area contributed by atoms with Crippen molar-refractivity contribution in [3.63, 3.8) is 0 Å². The molecular formula is C22H22N2O4. The fourth-order valence-electron chi connectivity index (χ4n) is 4.09. The summed E-state index contributed by atoms with van der Waals surface area (Å²) >= 11 is 0. The molecule has 1 heterocycles. The third-order valence-electron chi connectivity index (χ3n) is 5.43. The topological polar surface area (TPSA) is 87.7 Å². The number of rotatable bonds is 2. The Morgan fingerprint density at radius 1 is 1.14 bits per heavy atom. The number of para-hydroxylation sites is 2. The highest BCUT2D eigenvalue weighted by atomic mass is 16.5. The van der Waals surface area contributed by atoms with E-state index in [1.165, 1.54) is 7.11 Å². The van der Waals surface area contributed by atoms with Gasteiger partial charge in [0.2, 0.25) is 0 Å². The van der Waals surface area contributed by atoms with Crippen LogP contribution in [0.1, 0.15) is 24.9 Å². The van der Waals surface area contributed by atoms with Crippen LogP contribution in [0.15, 0.2) is 59.8 Å². The van der Waals surface area contributed by atoms with Gasteiger partial charge in [-0.05, 0) is 42.2 Å². The van der Waals surface area contributed by atoms with E-state index in [0.29, 0.717) is 12.0 Å². The molecule has 0 amide bonds. The molecule has 3 atom stereocenters. The van der Waals surface area contributed by atoms with E-state index in [-0.39, 0.29) is 17.5 Å². The van der Waals surface area contributed by atoms with E-state index in [9.17, 15) is 14.7 Å². The maximum absolute atomic E-state index is 13.4. The third kappa shape index (κ3) is 3.01. The summed E-state index contributed by atoms with van der Waals surface area (Å²) in [5, 5.41) is 16.8. The van der Waals surface area contributed by atoms with Gasteiger partial charge in [-0.3, -0.25) is 9.59 Å². The predicted molar refractivity (Wildman–Crippen MR) is 106 cm³/mol. The van der Waals surface area contributed by atoms with Crippen LogP contribution in [-0.4, -0.2) is 24.0 Å². The van der Waals surface area contributed by atoms with Crippen molar-refractivity contribution in [1.82, 2.24) is 0 Å². The summed E-state index contributed by atoms with van der Waals surface area (Å²) in [7, 11) is 1.30. The van der Waals surface area contributed by atoms with Crippen molar-refractivity contribution in [2.24, 2.45) is 11.8 Å². The molecule has 2 aliphatic rings. The molecule has 0 radical (unpaired) electrons. The van der Waals surface area contributed by atoms with Gasteiger partial charge in [-0.25, -0.2) is 0 Å². The minimum absolute atomic E-state index is 0.119. The van der Waals surface area contributed by atoms with Crippen molar-refractivity contribution < 1.29 is 19.4 Å². The van der Waals surface area contributed by atoms with E-state index in [1.54, 1.807) is 18.2 Å². The van der Waals surface area contributed by atoms with Crippen LogP contribution in [0.4, 0.5) is 11.4 Å². The van der Waals surface area contributed by atoms with Gasteiger partial charge < -0.3 is 20.5 Å². The van der Waals surface area contributed by atoms with Crippen molar-refractivity contribution >= 4 is 23.1 Å². The van der Waals surface area contributed by atoms with Crippen LogP contribution in [0.3, 0.4) is 0 Å². The Kier molecular flexibility index (Phi) is 4.55. The molecule has 0 bridgehead atoms. The summed E-state index contributed by atoms with van der Waals surface area (Å²) in [5.41, 5.74) is 3.77. The second-order valence-corrected chi connectivity index (χ2v) is 7.28. The molecule has 0 unspecified atom stereocenters. The Balaban J connectivity index is 1.88. The third-order valence-corrected chi connectivity index (χ3v) is 5.43. The number of aromatic hydroxyl groups is 1. The Labute approximate surface area is 163 Å². The zero-order valence-corrected chi connectivity index (χ0v) is 15.7. The number of Topliss-reactive ketones (excluding diaryl/α,β-unsaturated/α-hetero) is 1. The molecule has 6 nitrogen and oxygen atoms in total. The fourth-order valence-corrected chi connectivity index (χ4v) is 4.09. The number of anilines is 2. The molecule has 144 valence electrons. The van der Waals surface area contributed by atoms with E-state index >= 15 is 0 Å². The van der Waals surface area contributed by atoms with Crippen LogP contribution in [0.25, 0.3) is 0 Å². The normalized spacial score (nSPS) is 23.6. The predicted octanol–water partition coefficient (Wildman–Crippen LogP) is 3.62. The summed E-state index contributed by atoms with van der Waals surface area (Å²) in [6, 6.07) is 14.0. The second-order valence-electron chi connectivity index (χ2n) is 7.28. The van der Waals surface area contributed by atoms with Crippen LogP contribution in [0.2, 0.25) is 0 Å². The lowest BCUT2D eigenvalue weighted by atomic mass is 9.75.